The van der Waals surface area contributed by atoms with Crippen LogP contribution < -0.4 is 0 Å². The van der Waals surface area contributed by atoms with Crippen LogP contribution >= 0.6 is 11.8 Å². The Hall–Kier alpha value is -1.98. The molecule has 5 atom stereocenters. The fourth-order valence-corrected chi connectivity index (χ4v) is 5.06. The van der Waals surface area contributed by atoms with Crippen molar-refractivity contribution < 1.29 is 34.7 Å². The van der Waals surface area contributed by atoms with Gasteiger partial charge in [-0.15, -0.1) is 0 Å². The maximum atomic E-state index is 14.3. The van der Waals surface area contributed by atoms with Crippen LogP contribution in [-0.2, 0) is 11.2 Å². The van der Waals surface area contributed by atoms with E-state index in [1.807, 2.05) is 24.3 Å². The van der Waals surface area contributed by atoms with Gasteiger partial charge < -0.3 is 34.8 Å². The fourth-order valence-electron chi connectivity index (χ4n) is 4.10. The van der Waals surface area contributed by atoms with Crippen LogP contribution in [0.15, 0.2) is 52.4 Å². The Balaban J connectivity index is 1.77. The van der Waals surface area contributed by atoms with Crippen LogP contribution in [0.1, 0.15) is 17.4 Å². The van der Waals surface area contributed by atoms with Gasteiger partial charge in [0.15, 0.2) is 6.23 Å². The molecule has 172 valence electrons. The van der Waals surface area contributed by atoms with Gasteiger partial charge in [0.1, 0.15) is 30.2 Å². The molecule has 1 aliphatic heterocycles. The lowest BCUT2D eigenvalue weighted by Gasteiger charge is -2.40. The summed E-state index contributed by atoms with van der Waals surface area (Å²) in [6.45, 7) is 1.28. The Kier molecular flexibility index (Phi) is 6.87. The summed E-state index contributed by atoms with van der Waals surface area (Å²) in [5, 5.41) is 50.2. The number of hydrogen-bond acceptors (Lipinski definition) is 7. The minimum atomic E-state index is -1.51. The van der Waals surface area contributed by atoms with Gasteiger partial charge in [-0.25, -0.2) is 4.39 Å². The molecule has 0 bridgehead atoms. The molecule has 2 aromatic carbocycles. The first-order valence-corrected chi connectivity index (χ1v) is 11.1. The third-order valence-electron chi connectivity index (χ3n) is 5.74. The summed E-state index contributed by atoms with van der Waals surface area (Å²) in [7, 11) is 0. The van der Waals surface area contributed by atoms with Crippen molar-refractivity contribution in [3.05, 3.63) is 59.5 Å². The molecule has 7 nitrogen and oxygen atoms in total. The second kappa shape index (κ2) is 9.48. The topological polar surface area (TPSA) is 115 Å². The summed E-state index contributed by atoms with van der Waals surface area (Å²) in [4.78, 5) is 1.62. The summed E-state index contributed by atoms with van der Waals surface area (Å²) in [5.41, 5.74) is 2.24. The molecule has 0 unspecified atom stereocenters. The number of aromatic nitrogens is 1. The van der Waals surface area contributed by atoms with Crippen molar-refractivity contribution in [1.82, 2.24) is 4.57 Å². The molecule has 1 aliphatic rings. The van der Waals surface area contributed by atoms with Gasteiger partial charge in [-0.05, 0) is 48.7 Å². The first-order chi connectivity index (χ1) is 15.3. The van der Waals surface area contributed by atoms with Crippen molar-refractivity contribution in [2.45, 2.75) is 53.8 Å². The summed E-state index contributed by atoms with van der Waals surface area (Å²) in [5.74, 6) is -0.401. The lowest BCUT2D eigenvalue weighted by Crippen LogP contribution is -2.56. The van der Waals surface area contributed by atoms with Crippen molar-refractivity contribution in [3.63, 3.8) is 0 Å². The highest BCUT2D eigenvalue weighted by molar-refractivity contribution is 7.99. The standard InChI is InChI=1S/C23H26FNO6S/c1-12-8-14(24)9-16-18(32-15-4-2-13(3-5-15)6-7-26)10-25(19(12)16)23-22(30)21(29)20(28)17(11-27)31-23/h2-5,8-10,17,20-23,26-30H,6-7,11H2,1H3/t17-,20-,21+,22-,23-/m1/s1. The number of aryl methyl sites for hydroxylation is 1. The molecular weight excluding hydrogens is 437 g/mol. The lowest BCUT2D eigenvalue weighted by molar-refractivity contribution is -0.250. The largest absolute Gasteiger partial charge is 0.396 e. The highest BCUT2D eigenvalue weighted by atomic mass is 32.2. The van der Waals surface area contributed by atoms with E-state index in [-0.39, 0.29) is 6.61 Å². The molecule has 32 heavy (non-hydrogen) atoms. The summed E-state index contributed by atoms with van der Waals surface area (Å²) >= 11 is 1.41. The van der Waals surface area contributed by atoms with E-state index in [0.717, 1.165) is 15.4 Å². The average Bonchev–Trinajstić information content (AvgIpc) is 3.12. The van der Waals surface area contributed by atoms with Gasteiger partial charge in [-0.3, -0.25) is 0 Å². The van der Waals surface area contributed by atoms with Crippen molar-refractivity contribution in [3.8, 4) is 0 Å². The summed E-state index contributed by atoms with van der Waals surface area (Å²) < 4.78 is 21.6. The zero-order valence-electron chi connectivity index (χ0n) is 17.4. The maximum Gasteiger partial charge on any atom is 0.163 e. The van der Waals surface area contributed by atoms with Gasteiger partial charge in [0.2, 0.25) is 0 Å². The minimum absolute atomic E-state index is 0.0671. The smallest absolute Gasteiger partial charge is 0.163 e. The first kappa shape index (κ1) is 23.2. The van der Waals surface area contributed by atoms with Crippen LogP contribution in [0.3, 0.4) is 0 Å². The van der Waals surface area contributed by atoms with Gasteiger partial charge in [0.05, 0.1) is 12.1 Å². The number of benzene rings is 2. The average molecular weight is 464 g/mol. The van der Waals surface area contributed by atoms with Gasteiger partial charge in [-0.2, -0.15) is 0 Å². The number of nitrogens with zero attached hydrogens (tertiary/aromatic N) is 1. The predicted octanol–water partition coefficient (Wildman–Crippen LogP) is 1.75. The van der Waals surface area contributed by atoms with E-state index in [4.69, 9.17) is 9.84 Å². The minimum Gasteiger partial charge on any atom is -0.396 e. The molecule has 5 N–H and O–H groups in total. The van der Waals surface area contributed by atoms with Crippen molar-refractivity contribution in [2.75, 3.05) is 13.2 Å². The number of aliphatic hydroxyl groups excluding tert-OH is 5. The van der Waals surface area contributed by atoms with E-state index in [1.165, 1.54) is 23.9 Å². The molecule has 2 heterocycles. The van der Waals surface area contributed by atoms with Crippen LogP contribution in [0, 0.1) is 12.7 Å². The molecule has 4 rings (SSSR count). The van der Waals surface area contributed by atoms with E-state index >= 15 is 0 Å². The number of ether oxygens (including phenoxy) is 1. The molecule has 1 aromatic heterocycles. The molecular formula is C23H26FNO6S. The third kappa shape index (κ3) is 4.29. The van der Waals surface area contributed by atoms with Crippen LogP contribution in [0.2, 0.25) is 0 Å². The van der Waals surface area contributed by atoms with Crippen LogP contribution in [-0.4, -0.2) is 67.7 Å². The SMILES string of the molecule is Cc1cc(F)cc2c(Sc3ccc(CCO)cc3)cn([C@@H]3O[C@H](CO)[C@@H](O)[C@H](O)[C@H]3O)c12. The molecule has 0 spiro atoms. The summed E-state index contributed by atoms with van der Waals surface area (Å²) in [6, 6.07) is 10.5. The Morgan fingerprint density at radius 3 is 2.41 bits per heavy atom. The number of aliphatic hydroxyl groups is 5. The molecule has 0 radical (unpaired) electrons. The number of hydrogen-bond donors (Lipinski definition) is 5. The number of rotatable bonds is 6. The first-order valence-electron chi connectivity index (χ1n) is 10.3. The second-order valence-electron chi connectivity index (χ2n) is 7.96. The molecule has 1 saturated heterocycles. The molecule has 0 aliphatic carbocycles. The van der Waals surface area contributed by atoms with E-state index in [2.05, 4.69) is 0 Å². The van der Waals surface area contributed by atoms with Crippen LogP contribution in [0.5, 0.6) is 0 Å². The zero-order valence-corrected chi connectivity index (χ0v) is 18.2. The molecule has 0 amide bonds. The van der Waals surface area contributed by atoms with Gasteiger partial charge in [0, 0.05) is 28.0 Å². The highest BCUT2D eigenvalue weighted by Gasteiger charge is 2.44. The van der Waals surface area contributed by atoms with Crippen molar-refractivity contribution in [1.29, 1.82) is 0 Å². The van der Waals surface area contributed by atoms with Crippen molar-refractivity contribution >= 4 is 22.7 Å². The van der Waals surface area contributed by atoms with Crippen LogP contribution in [0.25, 0.3) is 10.9 Å². The zero-order chi connectivity index (χ0) is 23.0. The molecule has 3 aromatic rings. The Morgan fingerprint density at radius 2 is 1.75 bits per heavy atom. The highest BCUT2D eigenvalue weighted by Crippen LogP contribution is 2.40. The van der Waals surface area contributed by atoms with E-state index in [1.54, 1.807) is 17.7 Å². The number of fused-ring (bicyclic) bond motifs is 1. The Morgan fingerprint density at radius 1 is 1.03 bits per heavy atom. The Labute approximate surface area is 188 Å². The Bertz CT molecular complexity index is 1090. The fraction of sp³-hybridized carbons (Fsp3) is 0.391. The molecule has 1 fully saturated rings. The monoisotopic (exact) mass is 463 g/mol. The van der Waals surface area contributed by atoms with Crippen molar-refractivity contribution in [2.24, 2.45) is 0 Å². The third-order valence-corrected chi connectivity index (χ3v) is 6.79. The van der Waals surface area contributed by atoms with E-state index in [9.17, 15) is 24.8 Å². The predicted molar refractivity (Wildman–Crippen MR) is 117 cm³/mol. The normalized spacial score (nSPS) is 26.0. The van der Waals surface area contributed by atoms with Gasteiger partial charge >= 0.3 is 0 Å². The quantitative estimate of drug-likeness (QED) is 0.378. The maximum absolute atomic E-state index is 14.3. The molecule has 9 heteroatoms. The van der Waals surface area contributed by atoms with E-state index < -0.39 is 43.1 Å². The van der Waals surface area contributed by atoms with Gasteiger partial charge in [0.25, 0.3) is 0 Å². The lowest BCUT2D eigenvalue weighted by atomic mass is 9.98. The van der Waals surface area contributed by atoms with Gasteiger partial charge in [-0.1, -0.05) is 23.9 Å². The van der Waals surface area contributed by atoms with E-state index in [0.29, 0.717) is 22.9 Å². The van der Waals surface area contributed by atoms with Crippen LogP contribution in [0.4, 0.5) is 4.39 Å². The second-order valence-corrected chi connectivity index (χ2v) is 9.07. The number of halogens is 1. The summed E-state index contributed by atoms with van der Waals surface area (Å²) in [6.07, 6.45) is -4.28. The molecule has 0 saturated carbocycles.